The summed E-state index contributed by atoms with van der Waals surface area (Å²) in [6.45, 7) is 2.24. The molecule has 0 saturated carbocycles. The highest BCUT2D eigenvalue weighted by molar-refractivity contribution is 5.86. The molecule has 0 amide bonds. The zero-order valence-electron chi connectivity index (χ0n) is 9.49. The molecule has 2 rings (SSSR count). The Bertz CT molecular complexity index is 623. The minimum absolute atomic E-state index is 0.218. The maximum absolute atomic E-state index is 8.97. The van der Waals surface area contributed by atoms with E-state index < -0.39 is 0 Å². The molecule has 1 heterocycles. The molecule has 3 heteroatoms. The van der Waals surface area contributed by atoms with Gasteiger partial charge in [-0.2, -0.15) is 5.26 Å². The second-order valence-corrected chi connectivity index (χ2v) is 3.39. The van der Waals surface area contributed by atoms with Gasteiger partial charge in [0.25, 0.3) is 0 Å². The molecule has 0 aliphatic rings. The lowest BCUT2D eigenvalue weighted by Crippen LogP contribution is -1.96. The van der Waals surface area contributed by atoms with E-state index in [0.29, 0.717) is 24.4 Å². The van der Waals surface area contributed by atoms with Crippen LogP contribution in [0.5, 0.6) is 5.75 Å². The van der Waals surface area contributed by atoms with Crippen LogP contribution in [0.3, 0.4) is 0 Å². The van der Waals surface area contributed by atoms with Gasteiger partial charge in [0.15, 0.2) is 5.75 Å². The van der Waals surface area contributed by atoms with Gasteiger partial charge < -0.3 is 9.15 Å². The van der Waals surface area contributed by atoms with Gasteiger partial charge in [-0.25, -0.2) is 0 Å². The topological polar surface area (TPSA) is 46.2 Å². The van der Waals surface area contributed by atoms with E-state index >= 15 is 0 Å². The van der Waals surface area contributed by atoms with Gasteiger partial charge in [-0.05, 0) is 19.1 Å². The maximum Gasteiger partial charge on any atom is 0.246 e. The van der Waals surface area contributed by atoms with Crippen LogP contribution in [-0.4, -0.2) is 6.61 Å². The Morgan fingerprint density at radius 1 is 1.35 bits per heavy atom. The number of nitrogens with zero attached hydrogens (tertiary/aromatic N) is 1. The van der Waals surface area contributed by atoms with E-state index in [0.717, 1.165) is 5.39 Å². The first-order valence-corrected chi connectivity index (χ1v) is 5.31. The Kier molecular flexibility index (Phi) is 3.33. The second kappa shape index (κ2) is 5.09. The summed E-state index contributed by atoms with van der Waals surface area (Å²) in [7, 11) is 0. The fourth-order valence-electron chi connectivity index (χ4n) is 1.57. The molecule has 17 heavy (non-hydrogen) atoms. The standard InChI is InChI=1S/C14H11NO2/c1-2-3-6-9-16-14-11-7-4-5-8-12(11)17-13(14)10-15/h4-5,7-8H,6,9H2,1H3. The molecule has 0 spiro atoms. The lowest BCUT2D eigenvalue weighted by molar-refractivity contribution is 0.324. The normalized spacial score (nSPS) is 9.41. The quantitative estimate of drug-likeness (QED) is 0.595. The van der Waals surface area contributed by atoms with Crippen molar-refractivity contribution in [3.05, 3.63) is 30.0 Å². The Labute approximate surface area is 99.6 Å². The van der Waals surface area contributed by atoms with Crippen LogP contribution < -0.4 is 4.74 Å². The summed E-state index contributed by atoms with van der Waals surface area (Å²) in [5, 5.41) is 9.80. The number of hydrogen-bond acceptors (Lipinski definition) is 3. The second-order valence-electron chi connectivity index (χ2n) is 3.39. The fraction of sp³-hybridized carbons (Fsp3) is 0.214. The highest BCUT2D eigenvalue weighted by Crippen LogP contribution is 2.32. The van der Waals surface area contributed by atoms with Crippen molar-refractivity contribution in [1.82, 2.24) is 0 Å². The van der Waals surface area contributed by atoms with Crippen molar-refractivity contribution in [3.63, 3.8) is 0 Å². The van der Waals surface area contributed by atoms with Crippen LogP contribution in [0.2, 0.25) is 0 Å². The Morgan fingerprint density at radius 3 is 2.94 bits per heavy atom. The predicted molar refractivity (Wildman–Crippen MR) is 64.5 cm³/mol. The van der Waals surface area contributed by atoms with Crippen LogP contribution in [0.25, 0.3) is 11.0 Å². The van der Waals surface area contributed by atoms with E-state index in [1.807, 2.05) is 30.3 Å². The first-order valence-electron chi connectivity index (χ1n) is 5.31. The molecular formula is C14H11NO2. The zero-order valence-corrected chi connectivity index (χ0v) is 9.49. The van der Waals surface area contributed by atoms with Crippen LogP contribution in [0, 0.1) is 23.2 Å². The third kappa shape index (κ3) is 2.24. The molecule has 0 aliphatic carbocycles. The summed E-state index contributed by atoms with van der Waals surface area (Å²) in [6.07, 6.45) is 0.640. The van der Waals surface area contributed by atoms with Gasteiger partial charge in [0.1, 0.15) is 11.7 Å². The number of hydrogen-bond donors (Lipinski definition) is 0. The van der Waals surface area contributed by atoms with Crippen LogP contribution >= 0.6 is 0 Å². The van der Waals surface area contributed by atoms with E-state index in [4.69, 9.17) is 14.4 Å². The molecule has 0 unspecified atom stereocenters. The molecule has 0 saturated heterocycles. The summed E-state index contributed by atoms with van der Waals surface area (Å²) >= 11 is 0. The van der Waals surface area contributed by atoms with Gasteiger partial charge in [0.2, 0.25) is 5.76 Å². The summed E-state index contributed by atoms with van der Waals surface area (Å²) < 4.78 is 10.9. The van der Waals surface area contributed by atoms with Gasteiger partial charge in [-0.3, -0.25) is 0 Å². The lowest BCUT2D eigenvalue weighted by Gasteiger charge is -2.00. The average molecular weight is 225 g/mol. The minimum atomic E-state index is 0.218. The molecule has 0 aliphatic heterocycles. The largest absolute Gasteiger partial charge is 0.487 e. The SMILES string of the molecule is CC#CCCOc1c(C#N)oc2ccccc12. The van der Waals surface area contributed by atoms with E-state index in [-0.39, 0.29) is 5.76 Å². The summed E-state index contributed by atoms with van der Waals surface area (Å²) in [6, 6.07) is 9.44. The minimum Gasteiger partial charge on any atom is -0.487 e. The van der Waals surface area contributed by atoms with Crippen molar-refractivity contribution in [2.75, 3.05) is 6.61 Å². The van der Waals surface area contributed by atoms with Gasteiger partial charge in [-0.1, -0.05) is 12.1 Å². The fourth-order valence-corrected chi connectivity index (χ4v) is 1.57. The third-order valence-electron chi connectivity index (χ3n) is 2.30. The number of para-hydroxylation sites is 1. The number of furan rings is 1. The van der Waals surface area contributed by atoms with Crippen molar-refractivity contribution in [3.8, 4) is 23.7 Å². The molecule has 0 fully saturated rings. The molecule has 2 aromatic rings. The zero-order chi connectivity index (χ0) is 12.1. The number of nitriles is 1. The van der Waals surface area contributed by atoms with E-state index in [2.05, 4.69) is 11.8 Å². The number of benzene rings is 1. The monoisotopic (exact) mass is 225 g/mol. The highest BCUT2D eigenvalue weighted by atomic mass is 16.5. The average Bonchev–Trinajstić information content (AvgIpc) is 2.73. The van der Waals surface area contributed by atoms with Crippen molar-refractivity contribution in [1.29, 1.82) is 5.26 Å². The van der Waals surface area contributed by atoms with E-state index in [9.17, 15) is 0 Å². The Morgan fingerprint density at radius 2 is 2.18 bits per heavy atom. The summed E-state index contributed by atoms with van der Waals surface area (Å²) in [5.74, 6) is 6.44. The van der Waals surface area contributed by atoms with Gasteiger partial charge >= 0.3 is 0 Å². The first-order chi connectivity index (χ1) is 8.36. The molecule has 0 bridgehead atoms. The highest BCUT2D eigenvalue weighted by Gasteiger charge is 2.14. The first kappa shape index (κ1) is 11.1. The number of fused-ring (bicyclic) bond motifs is 1. The molecule has 0 N–H and O–H groups in total. The van der Waals surface area contributed by atoms with Crippen LogP contribution in [0.1, 0.15) is 19.1 Å². The van der Waals surface area contributed by atoms with E-state index in [1.54, 1.807) is 6.92 Å². The van der Waals surface area contributed by atoms with Crippen LogP contribution in [0.15, 0.2) is 28.7 Å². The molecule has 0 radical (unpaired) electrons. The molecule has 0 atom stereocenters. The predicted octanol–water partition coefficient (Wildman–Crippen LogP) is 3.10. The lowest BCUT2D eigenvalue weighted by atomic mass is 10.2. The van der Waals surface area contributed by atoms with Crippen molar-refractivity contribution >= 4 is 11.0 Å². The van der Waals surface area contributed by atoms with Crippen molar-refractivity contribution in [2.24, 2.45) is 0 Å². The third-order valence-corrected chi connectivity index (χ3v) is 2.30. The van der Waals surface area contributed by atoms with Crippen molar-refractivity contribution < 1.29 is 9.15 Å². The number of rotatable bonds is 3. The molecule has 84 valence electrons. The smallest absolute Gasteiger partial charge is 0.246 e. The maximum atomic E-state index is 8.97. The Hall–Kier alpha value is -2.39. The van der Waals surface area contributed by atoms with Gasteiger partial charge in [-0.15, -0.1) is 11.8 Å². The van der Waals surface area contributed by atoms with Crippen LogP contribution in [-0.2, 0) is 0 Å². The molecule has 3 nitrogen and oxygen atoms in total. The number of ether oxygens (including phenoxy) is 1. The Balaban J connectivity index is 2.30. The van der Waals surface area contributed by atoms with Gasteiger partial charge in [0.05, 0.1) is 12.0 Å². The molecule has 1 aromatic carbocycles. The summed E-state index contributed by atoms with van der Waals surface area (Å²) in [4.78, 5) is 0. The summed E-state index contributed by atoms with van der Waals surface area (Å²) in [5.41, 5.74) is 0.667. The van der Waals surface area contributed by atoms with Gasteiger partial charge in [0, 0.05) is 6.42 Å². The van der Waals surface area contributed by atoms with Crippen molar-refractivity contribution in [2.45, 2.75) is 13.3 Å². The molecular weight excluding hydrogens is 214 g/mol. The van der Waals surface area contributed by atoms with Crippen LogP contribution in [0.4, 0.5) is 0 Å². The molecule has 1 aromatic heterocycles. The van der Waals surface area contributed by atoms with E-state index in [1.165, 1.54) is 0 Å².